The first kappa shape index (κ1) is 41.0. The van der Waals surface area contributed by atoms with Crippen LogP contribution >= 0.6 is 0 Å². The molecule has 3 aliphatic rings. The zero-order valence-electron chi connectivity index (χ0n) is 41.4. The topological polar surface area (TPSA) is 55.6 Å². The van der Waals surface area contributed by atoms with Crippen molar-refractivity contribution >= 4 is 82.9 Å². The number of fused-ring (bicyclic) bond motifs is 22. The van der Waals surface area contributed by atoms with Gasteiger partial charge >= 0.3 is 0 Å². The van der Waals surface area contributed by atoms with Gasteiger partial charge in [-0.25, -0.2) is 0 Å². The summed E-state index contributed by atoms with van der Waals surface area (Å²) in [4.78, 5) is 7.32. The number of para-hydroxylation sites is 3. The summed E-state index contributed by atoms with van der Waals surface area (Å²) in [5.41, 5.74) is 25.0. The smallest absolute Gasteiger partial charge is 0.145 e. The highest BCUT2D eigenvalue weighted by Crippen LogP contribution is 2.64. The number of nitrogens with zero attached hydrogens (tertiary/aromatic N) is 2. The van der Waals surface area contributed by atoms with Gasteiger partial charge < -0.3 is 18.2 Å². The highest BCUT2D eigenvalue weighted by molar-refractivity contribution is 6.21. The van der Waals surface area contributed by atoms with Gasteiger partial charge in [0.1, 0.15) is 33.5 Å². The van der Waals surface area contributed by atoms with Crippen molar-refractivity contribution in [1.82, 2.24) is 4.98 Å². The summed E-state index contributed by atoms with van der Waals surface area (Å²) in [5.74, 6) is 0. The van der Waals surface area contributed by atoms with Crippen LogP contribution in [0.1, 0.15) is 74.9 Å². The SMILES string of the molecule is CC1(C)c2cc(N(c3ccc4c(c3)C(C)(C)c3c5c(c6c(oc7ccccc76)c3-4)-c3ccccc3C5(C)C)c3ccc4oc5ccccc5c4c3)ccc2-c2c1cc(-c1ccccn1)c1oc3ccccc3c21. The third-order valence-electron chi connectivity index (χ3n) is 17.2. The predicted octanol–water partition coefficient (Wildman–Crippen LogP) is 18.8. The Morgan fingerprint density at radius 3 is 1.59 bits per heavy atom. The first-order valence-electron chi connectivity index (χ1n) is 25.5. The molecule has 16 rings (SSSR count). The van der Waals surface area contributed by atoms with E-state index in [9.17, 15) is 0 Å². The first-order chi connectivity index (χ1) is 35.5. The molecule has 0 bridgehead atoms. The van der Waals surface area contributed by atoms with Gasteiger partial charge in [-0.3, -0.25) is 4.98 Å². The zero-order valence-corrected chi connectivity index (χ0v) is 41.4. The van der Waals surface area contributed by atoms with Crippen LogP contribution < -0.4 is 4.90 Å². The fourth-order valence-corrected chi connectivity index (χ4v) is 13.9. The maximum absolute atomic E-state index is 7.08. The van der Waals surface area contributed by atoms with E-state index < -0.39 is 0 Å². The fourth-order valence-electron chi connectivity index (χ4n) is 13.9. The van der Waals surface area contributed by atoms with E-state index in [0.29, 0.717) is 0 Å². The summed E-state index contributed by atoms with van der Waals surface area (Å²) in [6.07, 6.45) is 1.87. The van der Waals surface area contributed by atoms with Gasteiger partial charge in [0.05, 0.1) is 5.69 Å². The summed E-state index contributed by atoms with van der Waals surface area (Å²) < 4.78 is 20.3. The standard InChI is InChI=1S/C68H48N2O3/c1-66(2)49-34-38(26-29-42(49)57-51(66)36-47(52-22-15-16-32-69-52)64-59(57)44-19-9-13-24-54(44)72-64)70(37-28-31-56-46(33-37)40-17-8-12-23-53(40)71-56)39-27-30-43-50(35-39)68(5,6)63-61(43)65-60(45-20-10-14-25-55(45)73-65)58-41-18-7-11-21-48(41)67(3,4)62(58)63/h7-36H,1-6H3. The molecular weight excluding hydrogens is 893 g/mol. The van der Waals surface area contributed by atoms with Gasteiger partial charge in [0.15, 0.2) is 0 Å². The molecule has 348 valence electrons. The molecule has 0 amide bonds. The van der Waals surface area contributed by atoms with E-state index in [1.54, 1.807) is 0 Å². The van der Waals surface area contributed by atoms with Crippen molar-refractivity contribution in [3.63, 3.8) is 0 Å². The average Bonchev–Trinajstić information content (AvgIpc) is 4.23. The van der Waals surface area contributed by atoms with Gasteiger partial charge in [0.25, 0.3) is 0 Å². The number of aromatic nitrogens is 1. The molecule has 0 unspecified atom stereocenters. The molecule has 4 aromatic heterocycles. The Morgan fingerprint density at radius 2 is 0.877 bits per heavy atom. The van der Waals surface area contributed by atoms with Gasteiger partial charge in [-0.2, -0.15) is 0 Å². The monoisotopic (exact) mass is 940 g/mol. The quantitative estimate of drug-likeness (QED) is 0.176. The van der Waals surface area contributed by atoms with Crippen LogP contribution in [0.15, 0.2) is 195 Å². The van der Waals surface area contributed by atoms with Crippen molar-refractivity contribution in [2.24, 2.45) is 0 Å². The van der Waals surface area contributed by atoms with E-state index in [1.807, 2.05) is 18.3 Å². The number of furan rings is 3. The Kier molecular flexibility index (Phi) is 7.77. The molecule has 5 heteroatoms. The Balaban J connectivity index is 0.938. The molecule has 0 saturated heterocycles. The van der Waals surface area contributed by atoms with Gasteiger partial charge in [-0.15, -0.1) is 0 Å². The minimum atomic E-state index is -0.376. The highest BCUT2D eigenvalue weighted by atomic mass is 16.3. The summed E-state index contributed by atoms with van der Waals surface area (Å²) in [6.45, 7) is 14.4. The highest BCUT2D eigenvalue weighted by Gasteiger charge is 2.49. The third-order valence-corrected chi connectivity index (χ3v) is 17.2. The normalized spacial score (nSPS) is 15.3. The van der Waals surface area contributed by atoms with Gasteiger partial charge in [-0.05, 0) is 140 Å². The number of pyridine rings is 1. The summed E-state index contributed by atoms with van der Waals surface area (Å²) in [7, 11) is 0. The zero-order chi connectivity index (χ0) is 48.9. The first-order valence-corrected chi connectivity index (χ1v) is 25.5. The maximum atomic E-state index is 7.08. The van der Waals surface area contributed by atoms with Crippen molar-refractivity contribution in [2.75, 3.05) is 4.90 Å². The van der Waals surface area contributed by atoms with Gasteiger partial charge in [0, 0.05) is 82.9 Å². The number of hydrogen-bond acceptors (Lipinski definition) is 5. The molecule has 0 N–H and O–H groups in total. The maximum Gasteiger partial charge on any atom is 0.145 e. The lowest BCUT2D eigenvalue weighted by molar-refractivity contribution is 0.600. The Bertz CT molecular complexity index is 4600. The molecule has 0 radical (unpaired) electrons. The average molecular weight is 941 g/mol. The number of benzene rings is 9. The third kappa shape index (κ3) is 5.19. The minimum Gasteiger partial charge on any atom is -0.456 e. The molecule has 0 spiro atoms. The molecule has 5 nitrogen and oxygen atoms in total. The molecule has 9 aromatic carbocycles. The van der Waals surface area contributed by atoms with E-state index in [2.05, 4.69) is 210 Å². The number of anilines is 3. The van der Waals surface area contributed by atoms with E-state index in [0.717, 1.165) is 88.7 Å². The van der Waals surface area contributed by atoms with Gasteiger partial charge in [-0.1, -0.05) is 139 Å². The van der Waals surface area contributed by atoms with Crippen LogP contribution in [-0.2, 0) is 16.2 Å². The van der Waals surface area contributed by atoms with Crippen LogP contribution in [0.5, 0.6) is 0 Å². The summed E-state index contributed by atoms with van der Waals surface area (Å²) >= 11 is 0. The fraction of sp³-hybridized carbons (Fsp3) is 0.132. The van der Waals surface area contributed by atoms with Crippen LogP contribution in [0, 0.1) is 0 Å². The molecule has 0 saturated carbocycles. The van der Waals surface area contributed by atoms with E-state index in [4.69, 9.17) is 18.2 Å². The molecule has 0 aliphatic heterocycles. The number of rotatable bonds is 4. The summed E-state index contributed by atoms with van der Waals surface area (Å²) in [6, 6.07) is 63.8. The lowest BCUT2D eigenvalue weighted by Crippen LogP contribution is -2.24. The molecule has 3 aliphatic carbocycles. The second kappa shape index (κ2) is 13.8. The van der Waals surface area contributed by atoms with Crippen LogP contribution in [0.3, 0.4) is 0 Å². The van der Waals surface area contributed by atoms with Crippen molar-refractivity contribution in [1.29, 1.82) is 0 Å². The Labute approximate surface area is 421 Å². The molecule has 0 atom stereocenters. The van der Waals surface area contributed by atoms with Crippen molar-refractivity contribution in [2.45, 2.75) is 57.8 Å². The Morgan fingerprint density at radius 1 is 0.356 bits per heavy atom. The van der Waals surface area contributed by atoms with Crippen LogP contribution in [0.4, 0.5) is 17.1 Å². The van der Waals surface area contributed by atoms with Crippen LogP contribution in [0.2, 0.25) is 0 Å². The largest absolute Gasteiger partial charge is 0.456 e. The van der Waals surface area contributed by atoms with Gasteiger partial charge in [0.2, 0.25) is 0 Å². The lowest BCUT2D eigenvalue weighted by Gasteiger charge is -2.32. The van der Waals surface area contributed by atoms with Crippen molar-refractivity contribution < 1.29 is 13.3 Å². The summed E-state index contributed by atoms with van der Waals surface area (Å²) in [5, 5.41) is 6.81. The molecule has 13 aromatic rings. The van der Waals surface area contributed by atoms with Crippen LogP contribution in [0.25, 0.3) is 110 Å². The number of hydrogen-bond donors (Lipinski definition) is 0. The van der Waals surface area contributed by atoms with Crippen LogP contribution in [-0.4, -0.2) is 4.98 Å². The van der Waals surface area contributed by atoms with Crippen molar-refractivity contribution in [3.05, 3.63) is 216 Å². The van der Waals surface area contributed by atoms with Crippen molar-refractivity contribution in [3.8, 4) is 44.6 Å². The Hall–Kier alpha value is -8.67. The second-order valence-corrected chi connectivity index (χ2v) is 22.2. The molecule has 73 heavy (non-hydrogen) atoms. The van der Waals surface area contributed by atoms with E-state index in [-0.39, 0.29) is 16.2 Å². The predicted molar refractivity (Wildman–Crippen MR) is 299 cm³/mol. The molecule has 0 fully saturated rings. The lowest BCUT2D eigenvalue weighted by atomic mass is 9.72. The second-order valence-electron chi connectivity index (χ2n) is 22.2. The molecule has 4 heterocycles. The minimum absolute atomic E-state index is 0.235. The van der Waals surface area contributed by atoms with E-state index in [1.165, 1.54) is 72.1 Å². The van der Waals surface area contributed by atoms with E-state index >= 15 is 0 Å². The molecular formula is C68H48N2O3.